The SMILES string of the molecule is Cc1ccc(-c2ncc(CNC(C)(C)C)s2)cc1F. The Bertz CT molecular complexity index is 570. The van der Waals surface area contributed by atoms with E-state index in [9.17, 15) is 4.39 Å². The maximum atomic E-state index is 13.5. The Morgan fingerprint density at radius 3 is 2.68 bits per heavy atom. The third kappa shape index (κ3) is 3.85. The highest BCUT2D eigenvalue weighted by atomic mass is 32.1. The van der Waals surface area contributed by atoms with Gasteiger partial charge >= 0.3 is 0 Å². The minimum absolute atomic E-state index is 0.0835. The predicted molar refractivity (Wildman–Crippen MR) is 78.8 cm³/mol. The zero-order valence-electron chi connectivity index (χ0n) is 11.7. The van der Waals surface area contributed by atoms with Gasteiger partial charge in [0.25, 0.3) is 0 Å². The van der Waals surface area contributed by atoms with E-state index in [-0.39, 0.29) is 11.4 Å². The second-order valence-corrected chi connectivity index (χ2v) is 6.81. The summed E-state index contributed by atoms with van der Waals surface area (Å²) in [5.74, 6) is -0.179. The number of hydrogen-bond donors (Lipinski definition) is 1. The van der Waals surface area contributed by atoms with Gasteiger partial charge in [0.15, 0.2) is 0 Å². The number of nitrogens with zero attached hydrogens (tertiary/aromatic N) is 1. The van der Waals surface area contributed by atoms with E-state index in [0.717, 1.165) is 22.0 Å². The van der Waals surface area contributed by atoms with Crippen LogP contribution in [0, 0.1) is 12.7 Å². The van der Waals surface area contributed by atoms with Gasteiger partial charge in [-0.25, -0.2) is 9.37 Å². The van der Waals surface area contributed by atoms with Crippen LogP contribution in [0.2, 0.25) is 0 Å². The van der Waals surface area contributed by atoms with Crippen LogP contribution in [0.5, 0.6) is 0 Å². The number of aromatic nitrogens is 1. The summed E-state index contributed by atoms with van der Waals surface area (Å²) < 4.78 is 13.5. The average Bonchev–Trinajstić information content (AvgIpc) is 2.78. The first kappa shape index (κ1) is 14.2. The first-order valence-electron chi connectivity index (χ1n) is 6.31. The van der Waals surface area contributed by atoms with Crippen LogP contribution in [0.4, 0.5) is 4.39 Å². The molecule has 2 rings (SSSR count). The molecule has 0 amide bonds. The van der Waals surface area contributed by atoms with Crippen molar-refractivity contribution in [2.75, 3.05) is 0 Å². The maximum absolute atomic E-state index is 13.5. The fourth-order valence-electron chi connectivity index (χ4n) is 1.60. The highest BCUT2D eigenvalue weighted by Crippen LogP contribution is 2.26. The summed E-state index contributed by atoms with van der Waals surface area (Å²) in [5, 5.41) is 4.29. The van der Waals surface area contributed by atoms with Crippen molar-refractivity contribution in [2.45, 2.75) is 39.8 Å². The van der Waals surface area contributed by atoms with E-state index >= 15 is 0 Å². The van der Waals surface area contributed by atoms with E-state index in [0.29, 0.717) is 5.56 Å². The Morgan fingerprint density at radius 1 is 1.32 bits per heavy atom. The van der Waals surface area contributed by atoms with Gasteiger partial charge in [-0.2, -0.15) is 0 Å². The Morgan fingerprint density at radius 2 is 2.05 bits per heavy atom. The topological polar surface area (TPSA) is 24.9 Å². The molecule has 0 radical (unpaired) electrons. The van der Waals surface area contributed by atoms with Gasteiger partial charge in [-0.15, -0.1) is 11.3 Å². The van der Waals surface area contributed by atoms with Gasteiger partial charge < -0.3 is 5.32 Å². The molecule has 0 saturated carbocycles. The number of rotatable bonds is 3. The monoisotopic (exact) mass is 278 g/mol. The molecule has 0 spiro atoms. The van der Waals surface area contributed by atoms with Crippen LogP contribution in [-0.4, -0.2) is 10.5 Å². The quantitative estimate of drug-likeness (QED) is 0.912. The lowest BCUT2D eigenvalue weighted by atomic mass is 10.1. The molecule has 0 fully saturated rings. The Balaban J connectivity index is 2.14. The third-order valence-corrected chi connectivity index (χ3v) is 3.81. The molecule has 0 aliphatic rings. The van der Waals surface area contributed by atoms with Crippen molar-refractivity contribution in [1.82, 2.24) is 10.3 Å². The lowest BCUT2D eigenvalue weighted by Gasteiger charge is -2.19. The van der Waals surface area contributed by atoms with Crippen molar-refractivity contribution in [3.63, 3.8) is 0 Å². The zero-order chi connectivity index (χ0) is 14.0. The summed E-state index contributed by atoms with van der Waals surface area (Å²) in [6.07, 6.45) is 1.86. The van der Waals surface area contributed by atoms with Gasteiger partial charge in [0, 0.05) is 28.7 Å². The van der Waals surface area contributed by atoms with Gasteiger partial charge in [-0.05, 0) is 39.3 Å². The van der Waals surface area contributed by atoms with Gasteiger partial charge in [-0.3, -0.25) is 0 Å². The minimum Gasteiger partial charge on any atom is -0.307 e. The molecular weight excluding hydrogens is 259 g/mol. The fourth-order valence-corrected chi connectivity index (χ4v) is 2.45. The van der Waals surface area contributed by atoms with Crippen molar-refractivity contribution in [3.8, 4) is 10.6 Å². The molecule has 0 saturated heterocycles. The summed E-state index contributed by atoms with van der Waals surface area (Å²) in [5.41, 5.74) is 1.59. The number of benzene rings is 1. The molecule has 1 N–H and O–H groups in total. The van der Waals surface area contributed by atoms with E-state index in [2.05, 4.69) is 31.1 Å². The normalized spacial score (nSPS) is 11.8. The summed E-state index contributed by atoms with van der Waals surface area (Å²) in [7, 11) is 0. The molecule has 102 valence electrons. The van der Waals surface area contributed by atoms with Crippen LogP contribution in [-0.2, 0) is 6.54 Å². The van der Waals surface area contributed by atoms with Crippen LogP contribution >= 0.6 is 11.3 Å². The fraction of sp³-hybridized carbons (Fsp3) is 0.400. The van der Waals surface area contributed by atoms with E-state index in [1.807, 2.05) is 12.3 Å². The Hall–Kier alpha value is -1.26. The first-order valence-corrected chi connectivity index (χ1v) is 7.13. The molecule has 0 bridgehead atoms. The van der Waals surface area contributed by atoms with Crippen molar-refractivity contribution >= 4 is 11.3 Å². The van der Waals surface area contributed by atoms with Crippen molar-refractivity contribution < 1.29 is 4.39 Å². The summed E-state index contributed by atoms with van der Waals surface area (Å²) >= 11 is 1.60. The van der Waals surface area contributed by atoms with E-state index in [4.69, 9.17) is 0 Å². The van der Waals surface area contributed by atoms with E-state index in [1.54, 1.807) is 30.4 Å². The molecule has 1 aromatic heterocycles. The van der Waals surface area contributed by atoms with Crippen molar-refractivity contribution in [2.24, 2.45) is 0 Å². The predicted octanol–water partition coefficient (Wildman–Crippen LogP) is 4.15. The van der Waals surface area contributed by atoms with Crippen molar-refractivity contribution in [1.29, 1.82) is 0 Å². The molecule has 1 aromatic carbocycles. The molecule has 0 aliphatic heterocycles. The van der Waals surface area contributed by atoms with Gasteiger partial charge in [0.05, 0.1) is 0 Å². The second kappa shape index (κ2) is 5.39. The van der Waals surface area contributed by atoms with E-state index in [1.165, 1.54) is 0 Å². The minimum atomic E-state index is -0.179. The Kier molecular flexibility index (Phi) is 4.02. The number of halogens is 1. The van der Waals surface area contributed by atoms with Gasteiger partial charge in [-0.1, -0.05) is 12.1 Å². The zero-order valence-corrected chi connectivity index (χ0v) is 12.6. The molecule has 4 heteroatoms. The molecule has 0 aliphatic carbocycles. The van der Waals surface area contributed by atoms with Crippen LogP contribution in [0.1, 0.15) is 31.2 Å². The lowest BCUT2D eigenvalue weighted by molar-refractivity contribution is 0.426. The number of hydrogen-bond acceptors (Lipinski definition) is 3. The van der Waals surface area contributed by atoms with Gasteiger partial charge in [0.2, 0.25) is 0 Å². The van der Waals surface area contributed by atoms with E-state index < -0.39 is 0 Å². The highest BCUT2D eigenvalue weighted by Gasteiger charge is 2.11. The number of thiazole rings is 1. The third-order valence-electron chi connectivity index (χ3n) is 2.77. The second-order valence-electron chi connectivity index (χ2n) is 5.70. The lowest BCUT2D eigenvalue weighted by Crippen LogP contribution is -2.34. The first-order chi connectivity index (χ1) is 8.85. The van der Waals surface area contributed by atoms with Crippen LogP contribution in [0.3, 0.4) is 0 Å². The summed E-state index contributed by atoms with van der Waals surface area (Å²) in [6.45, 7) is 8.94. The molecule has 0 unspecified atom stereocenters. The Labute approximate surface area is 117 Å². The van der Waals surface area contributed by atoms with Crippen LogP contribution in [0.25, 0.3) is 10.6 Å². The molecular formula is C15H19FN2S. The largest absolute Gasteiger partial charge is 0.307 e. The molecule has 2 nitrogen and oxygen atoms in total. The summed E-state index contributed by atoms with van der Waals surface area (Å²) in [4.78, 5) is 5.53. The smallest absolute Gasteiger partial charge is 0.126 e. The standard InChI is InChI=1S/C15H19FN2S/c1-10-5-6-11(7-13(10)16)14-17-8-12(19-14)9-18-15(2,3)4/h5-8,18H,9H2,1-4H3. The van der Waals surface area contributed by atoms with Crippen LogP contribution in [0.15, 0.2) is 24.4 Å². The van der Waals surface area contributed by atoms with Gasteiger partial charge in [0.1, 0.15) is 10.8 Å². The molecule has 1 heterocycles. The van der Waals surface area contributed by atoms with Crippen LogP contribution < -0.4 is 5.32 Å². The van der Waals surface area contributed by atoms with Crippen molar-refractivity contribution in [3.05, 3.63) is 40.7 Å². The highest BCUT2D eigenvalue weighted by molar-refractivity contribution is 7.15. The molecule has 19 heavy (non-hydrogen) atoms. The average molecular weight is 278 g/mol. The summed E-state index contributed by atoms with van der Waals surface area (Å²) in [6, 6.07) is 5.26. The molecule has 2 aromatic rings. The maximum Gasteiger partial charge on any atom is 0.126 e. The molecule has 0 atom stereocenters. The number of nitrogens with one attached hydrogen (secondary N) is 1. The number of aryl methyl sites for hydroxylation is 1.